The maximum Gasteiger partial charge on any atom is 0.433 e. The zero-order chi connectivity index (χ0) is 17.0. The van der Waals surface area contributed by atoms with E-state index in [0.717, 1.165) is 46.9 Å². The van der Waals surface area contributed by atoms with Gasteiger partial charge in [-0.1, -0.05) is 11.8 Å². The van der Waals surface area contributed by atoms with E-state index in [-0.39, 0.29) is 23.1 Å². The van der Waals surface area contributed by atoms with Crippen LogP contribution in [-0.4, -0.2) is 25.2 Å². The molecule has 0 atom stereocenters. The summed E-state index contributed by atoms with van der Waals surface area (Å²) in [6, 6.07) is 2.90. The second kappa shape index (κ2) is 6.77. The fraction of sp³-hybridized carbons (Fsp3) is 0.250. The second-order valence-electron chi connectivity index (χ2n) is 4.25. The van der Waals surface area contributed by atoms with Gasteiger partial charge in [-0.25, -0.2) is 9.97 Å². The van der Waals surface area contributed by atoms with Gasteiger partial charge in [0.15, 0.2) is 5.16 Å². The number of rotatable bonds is 5. The normalized spacial score (nSPS) is 11.4. The van der Waals surface area contributed by atoms with Gasteiger partial charge >= 0.3 is 6.18 Å². The van der Waals surface area contributed by atoms with Crippen molar-refractivity contribution >= 4 is 17.4 Å². The van der Waals surface area contributed by atoms with E-state index >= 15 is 0 Å². The number of halogens is 3. The Labute approximate surface area is 131 Å². The van der Waals surface area contributed by atoms with Gasteiger partial charge in [0.05, 0.1) is 11.1 Å². The van der Waals surface area contributed by atoms with Gasteiger partial charge in [0.25, 0.3) is 11.2 Å². The van der Waals surface area contributed by atoms with Crippen LogP contribution >= 0.6 is 11.8 Å². The fourth-order valence-electron chi connectivity index (χ4n) is 1.60. The smallest absolute Gasteiger partial charge is 0.308 e. The molecule has 0 aliphatic heterocycles. The van der Waals surface area contributed by atoms with E-state index in [1.54, 1.807) is 0 Å². The molecule has 0 radical (unpaired) electrons. The van der Waals surface area contributed by atoms with Gasteiger partial charge in [-0.3, -0.25) is 14.9 Å². The van der Waals surface area contributed by atoms with E-state index in [0.29, 0.717) is 0 Å². The first-order valence-electron chi connectivity index (χ1n) is 6.15. The predicted molar refractivity (Wildman–Crippen MR) is 75.1 cm³/mol. The van der Waals surface area contributed by atoms with Gasteiger partial charge < -0.3 is 4.57 Å². The summed E-state index contributed by atoms with van der Waals surface area (Å²) in [5, 5.41) is 10.6. The van der Waals surface area contributed by atoms with Crippen LogP contribution in [0.5, 0.6) is 0 Å². The highest BCUT2D eigenvalue weighted by atomic mass is 32.2. The van der Waals surface area contributed by atoms with Gasteiger partial charge in [-0.2, -0.15) is 13.2 Å². The Bertz CT molecular complexity index is 779. The van der Waals surface area contributed by atoms with Crippen molar-refractivity contribution in [2.24, 2.45) is 0 Å². The molecule has 0 aliphatic carbocycles. The Balaban J connectivity index is 2.04. The van der Waals surface area contributed by atoms with Gasteiger partial charge in [-0.05, 0) is 6.07 Å². The number of aryl methyl sites for hydroxylation is 1. The third-order valence-electron chi connectivity index (χ3n) is 2.67. The number of alkyl halides is 3. The number of hydrogen-bond acceptors (Lipinski definition) is 6. The van der Waals surface area contributed by atoms with Crippen molar-refractivity contribution in [1.82, 2.24) is 14.5 Å². The van der Waals surface area contributed by atoms with E-state index < -0.39 is 22.4 Å². The Hall–Kier alpha value is -2.43. The zero-order valence-electron chi connectivity index (χ0n) is 11.4. The summed E-state index contributed by atoms with van der Waals surface area (Å²) >= 11 is 0.917. The highest BCUT2D eigenvalue weighted by molar-refractivity contribution is 7.99. The summed E-state index contributed by atoms with van der Waals surface area (Å²) in [4.78, 5) is 28.7. The summed E-state index contributed by atoms with van der Waals surface area (Å²) in [6.45, 7) is 0.0742. The molecular formula is C12H9F3N4O3S. The Morgan fingerprint density at radius 2 is 2.04 bits per heavy atom. The Morgan fingerprint density at radius 1 is 1.30 bits per heavy atom. The predicted octanol–water partition coefficient (Wildman–Crippen LogP) is 2.36. The molecule has 11 heteroatoms. The van der Waals surface area contributed by atoms with Crippen molar-refractivity contribution < 1.29 is 18.1 Å². The van der Waals surface area contributed by atoms with E-state index in [4.69, 9.17) is 0 Å². The molecule has 7 nitrogen and oxygen atoms in total. The van der Waals surface area contributed by atoms with Crippen molar-refractivity contribution in [3.8, 4) is 0 Å². The first-order chi connectivity index (χ1) is 10.8. The van der Waals surface area contributed by atoms with Gasteiger partial charge in [-0.15, -0.1) is 0 Å². The highest BCUT2D eigenvalue weighted by Crippen LogP contribution is 2.28. The number of nitro groups is 1. The van der Waals surface area contributed by atoms with Gasteiger partial charge in [0, 0.05) is 30.6 Å². The van der Waals surface area contributed by atoms with Crippen LogP contribution < -0.4 is 5.56 Å². The van der Waals surface area contributed by atoms with Crippen molar-refractivity contribution in [3.05, 3.63) is 56.8 Å². The number of aromatic nitrogens is 3. The van der Waals surface area contributed by atoms with Crippen LogP contribution in [0.4, 0.5) is 18.9 Å². The van der Waals surface area contributed by atoms with Crippen LogP contribution in [0.25, 0.3) is 0 Å². The Kier molecular flexibility index (Phi) is 4.98. The van der Waals surface area contributed by atoms with Crippen LogP contribution in [-0.2, 0) is 12.7 Å². The van der Waals surface area contributed by atoms with Crippen LogP contribution in [0.15, 0.2) is 40.5 Å². The molecule has 2 rings (SSSR count). The molecule has 0 bridgehead atoms. The average molecular weight is 346 g/mol. The number of nitrogens with zero attached hydrogens (tertiary/aromatic N) is 4. The molecule has 0 aliphatic rings. The van der Waals surface area contributed by atoms with E-state index in [1.165, 1.54) is 0 Å². The molecule has 0 fully saturated rings. The molecule has 2 aromatic rings. The third-order valence-corrected chi connectivity index (χ3v) is 3.51. The van der Waals surface area contributed by atoms with Crippen molar-refractivity contribution in [3.63, 3.8) is 0 Å². The third kappa shape index (κ3) is 4.52. The molecule has 0 saturated carbocycles. The van der Waals surface area contributed by atoms with Crippen LogP contribution in [0.2, 0.25) is 0 Å². The minimum absolute atomic E-state index is 0.0742. The van der Waals surface area contributed by atoms with Crippen molar-refractivity contribution in [2.45, 2.75) is 17.9 Å². The van der Waals surface area contributed by atoms with Crippen molar-refractivity contribution in [2.75, 3.05) is 5.75 Å². The highest BCUT2D eigenvalue weighted by Gasteiger charge is 2.32. The molecule has 0 amide bonds. The maximum atomic E-state index is 12.5. The lowest BCUT2D eigenvalue weighted by molar-refractivity contribution is -0.385. The molecule has 122 valence electrons. The molecular weight excluding hydrogens is 337 g/mol. The number of hydrogen-bond donors (Lipinski definition) is 0. The lowest BCUT2D eigenvalue weighted by atomic mass is 10.4. The summed E-state index contributed by atoms with van der Waals surface area (Å²) in [5.74, 6) is 0.183. The minimum atomic E-state index is -4.56. The molecule has 0 unspecified atom stereocenters. The Morgan fingerprint density at radius 3 is 2.70 bits per heavy atom. The van der Waals surface area contributed by atoms with Crippen LogP contribution in [0.1, 0.15) is 5.69 Å². The maximum absolute atomic E-state index is 12.5. The quantitative estimate of drug-likeness (QED) is 0.357. The fourth-order valence-corrected chi connectivity index (χ4v) is 2.37. The molecule has 2 heterocycles. The first kappa shape index (κ1) is 16.9. The SMILES string of the molecule is O=c1ccc([N+](=O)[O-])cn1CCSc1nccc(C(F)(F)F)n1. The van der Waals surface area contributed by atoms with E-state index in [2.05, 4.69) is 9.97 Å². The topological polar surface area (TPSA) is 90.9 Å². The summed E-state index contributed by atoms with van der Waals surface area (Å²) < 4.78 is 38.7. The van der Waals surface area contributed by atoms with E-state index in [1.807, 2.05) is 0 Å². The summed E-state index contributed by atoms with van der Waals surface area (Å²) in [7, 11) is 0. The molecule has 2 aromatic heterocycles. The number of pyridine rings is 1. The summed E-state index contributed by atoms with van der Waals surface area (Å²) in [6.07, 6.45) is -2.48. The number of thioether (sulfide) groups is 1. The average Bonchev–Trinajstić information content (AvgIpc) is 2.48. The largest absolute Gasteiger partial charge is 0.433 e. The molecule has 0 N–H and O–H groups in total. The van der Waals surface area contributed by atoms with E-state index in [9.17, 15) is 28.1 Å². The van der Waals surface area contributed by atoms with Crippen LogP contribution in [0.3, 0.4) is 0 Å². The molecule has 0 spiro atoms. The molecule has 0 aromatic carbocycles. The lowest BCUT2D eigenvalue weighted by Gasteiger charge is -2.07. The standard InChI is InChI=1S/C12H9F3N4O3S/c13-12(14,15)9-3-4-16-11(17-9)23-6-5-18-7-8(19(21)22)1-2-10(18)20/h1-4,7H,5-6H2. The first-order valence-corrected chi connectivity index (χ1v) is 7.14. The molecule has 0 saturated heterocycles. The lowest BCUT2D eigenvalue weighted by Crippen LogP contribution is -2.20. The monoisotopic (exact) mass is 346 g/mol. The minimum Gasteiger partial charge on any atom is -0.308 e. The van der Waals surface area contributed by atoms with Crippen LogP contribution in [0, 0.1) is 10.1 Å². The summed E-state index contributed by atoms with van der Waals surface area (Å²) in [5.41, 5.74) is -1.74. The van der Waals surface area contributed by atoms with Crippen molar-refractivity contribution in [1.29, 1.82) is 0 Å². The second-order valence-corrected chi connectivity index (χ2v) is 5.31. The van der Waals surface area contributed by atoms with Gasteiger partial charge in [0.2, 0.25) is 0 Å². The molecule has 23 heavy (non-hydrogen) atoms. The zero-order valence-corrected chi connectivity index (χ0v) is 12.2. The van der Waals surface area contributed by atoms with Gasteiger partial charge in [0.1, 0.15) is 5.69 Å².